The highest BCUT2D eigenvalue weighted by atomic mass is 16.4. The average molecular weight is 341 g/mol. The third-order valence-corrected chi connectivity index (χ3v) is 3.84. The molecule has 3 rings (SSSR count). The van der Waals surface area contributed by atoms with Gasteiger partial charge in [-0.2, -0.15) is 0 Å². The molecule has 0 saturated heterocycles. The fourth-order valence-electron chi connectivity index (χ4n) is 2.60. The standard InChI is InChI=1S/C18H19N3O4/c1-11(9-15(22)16-3-2-8-25-16)20-17(23)18(24)21-13-4-5-14-12(10-13)6-7-19-14/h2-8,10-11,15,19,22H,9H2,1H3,(H,20,23)(H,21,24). The Bertz CT molecular complexity index is 869. The second-order valence-corrected chi connectivity index (χ2v) is 5.88. The number of aromatic nitrogens is 1. The Hall–Kier alpha value is -3.06. The third kappa shape index (κ3) is 4.07. The molecule has 3 aromatic rings. The number of anilines is 1. The van der Waals surface area contributed by atoms with Crippen molar-refractivity contribution in [3.8, 4) is 0 Å². The molecule has 0 spiro atoms. The van der Waals surface area contributed by atoms with Crippen LogP contribution in [0, 0.1) is 0 Å². The average Bonchev–Trinajstić information content (AvgIpc) is 3.25. The van der Waals surface area contributed by atoms with Gasteiger partial charge in [-0.3, -0.25) is 9.59 Å². The zero-order chi connectivity index (χ0) is 17.8. The van der Waals surface area contributed by atoms with E-state index in [1.165, 1.54) is 6.26 Å². The molecule has 0 aliphatic carbocycles. The van der Waals surface area contributed by atoms with Gasteiger partial charge in [-0.15, -0.1) is 0 Å². The van der Waals surface area contributed by atoms with Crippen LogP contribution in [0.5, 0.6) is 0 Å². The van der Waals surface area contributed by atoms with Crippen molar-refractivity contribution < 1.29 is 19.1 Å². The van der Waals surface area contributed by atoms with E-state index in [9.17, 15) is 14.7 Å². The fourth-order valence-corrected chi connectivity index (χ4v) is 2.60. The molecule has 4 N–H and O–H groups in total. The number of H-pyrrole nitrogens is 1. The topological polar surface area (TPSA) is 107 Å². The monoisotopic (exact) mass is 341 g/mol. The minimum absolute atomic E-state index is 0.238. The van der Waals surface area contributed by atoms with Gasteiger partial charge in [0, 0.05) is 35.2 Å². The predicted molar refractivity (Wildman–Crippen MR) is 92.8 cm³/mol. The Morgan fingerprint density at radius 3 is 2.84 bits per heavy atom. The number of rotatable bonds is 5. The van der Waals surface area contributed by atoms with Gasteiger partial charge in [-0.05, 0) is 43.3 Å². The molecule has 2 aromatic heterocycles. The van der Waals surface area contributed by atoms with Crippen LogP contribution in [0.25, 0.3) is 10.9 Å². The van der Waals surface area contributed by atoms with Crippen molar-refractivity contribution in [3.05, 3.63) is 54.6 Å². The number of furan rings is 1. The molecule has 0 aliphatic heterocycles. The molecular formula is C18H19N3O4. The number of nitrogens with one attached hydrogen (secondary N) is 3. The van der Waals surface area contributed by atoms with Crippen LogP contribution in [0.1, 0.15) is 25.2 Å². The molecule has 7 nitrogen and oxygen atoms in total. The largest absolute Gasteiger partial charge is 0.467 e. The molecule has 2 atom stereocenters. The van der Waals surface area contributed by atoms with Crippen molar-refractivity contribution >= 4 is 28.4 Å². The second-order valence-electron chi connectivity index (χ2n) is 5.88. The molecule has 0 bridgehead atoms. The maximum absolute atomic E-state index is 12.0. The summed E-state index contributed by atoms with van der Waals surface area (Å²) in [6.45, 7) is 1.71. The number of hydrogen-bond acceptors (Lipinski definition) is 4. The summed E-state index contributed by atoms with van der Waals surface area (Å²) in [6.07, 6.45) is 2.66. The lowest BCUT2D eigenvalue weighted by molar-refractivity contribution is -0.136. The van der Waals surface area contributed by atoms with Crippen molar-refractivity contribution in [2.75, 3.05) is 5.32 Å². The number of fused-ring (bicyclic) bond motifs is 1. The van der Waals surface area contributed by atoms with E-state index in [4.69, 9.17) is 4.42 Å². The quantitative estimate of drug-likeness (QED) is 0.534. The summed E-state index contributed by atoms with van der Waals surface area (Å²) in [5.74, 6) is -1.09. The minimum Gasteiger partial charge on any atom is -0.467 e. The minimum atomic E-state index is -0.843. The Labute approximate surface area is 144 Å². The predicted octanol–water partition coefficient (Wildman–Crippen LogP) is 2.33. The summed E-state index contributed by atoms with van der Waals surface area (Å²) < 4.78 is 5.11. The summed E-state index contributed by atoms with van der Waals surface area (Å²) in [7, 11) is 0. The smallest absolute Gasteiger partial charge is 0.313 e. The van der Waals surface area contributed by atoms with Crippen LogP contribution < -0.4 is 10.6 Å². The van der Waals surface area contributed by atoms with Crippen molar-refractivity contribution in [1.82, 2.24) is 10.3 Å². The number of hydrogen-bond donors (Lipinski definition) is 4. The molecule has 0 radical (unpaired) electrons. The first-order chi connectivity index (χ1) is 12.0. The molecule has 2 amide bonds. The van der Waals surface area contributed by atoms with Gasteiger partial charge < -0.3 is 25.1 Å². The number of amides is 2. The van der Waals surface area contributed by atoms with Crippen molar-refractivity contribution in [2.45, 2.75) is 25.5 Å². The first kappa shape index (κ1) is 16.8. The number of carbonyl (C=O) groups excluding carboxylic acids is 2. The Balaban J connectivity index is 1.53. The number of aromatic amines is 1. The van der Waals surface area contributed by atoms with E-state index in [1.807, 2.05) is 12.1 Å². The van der Waals surface area contributed by atoms with Gasteiger partial charge in [0.2, 0.25) is 0 Å². The zero-order valence-corrected chi connectivity index (χ0v) is 13.7. The van der Waals surface area contributed by atoms with Crippen LogP contribution in [0.15, 0.2) is 53.3 Å². The lowest BCUT2D eigenvalue weighted by Crippen LogP contribution is -2.41. The van der Waals surface area contributed by atoms with Gasteiger partial charge in [-0.25, -0.2) is 0 Å². The van der Waals surface area contributed by atoms with Gasteiger partial charge in [0.1, 0.15) is 11.9 Å². The number of aliphatic hydroxyl groups is 1. The first-order valence-corrected chi connectivity index (χ1v) is 7.93. The Kier molecular flexibility index (Phi) is 4.85. The fraction of sp³-hybridized carbons (Fsp3) is 0.222. The molecule has 0 fully saturated rings. The van der Waals surface area contributed by atoms with E-state index >= 15 is 0 Å². The molecule has 0 saturated carbocycles. The molecule has 2 unspecified atom stereocenters. The lowest BCUT2D eigenvalue weighted by Gasteiger charge is -2.16. The van der Waals surface area contributed by atoms with Gasteiger partial charge in [-0.1, -0.05) is 0 Å². The normalized spacial score (nSPS) is 13.4. The zero-order valence-electron chi connectivity index (χ0n) is 13.7. The highest BCUT2D eigenvalue weighted by Gasteiger charge is 2.20. The summed E-state index contributed by atoms with van der Waals surface area (Å²) in [4.78, 5) is 27.1. The van der Waals surface area contributed by atoms with Crippen LogP contribution in [-0.2, 0) is 9.59 Å². The van der Waals surface area contributed by atoms with E-state index in [0.29, 0.717) is 11.4 Å². The summed E-state index contributed by atoms with van der Waals surface area (Å²) in [6, 6.07) is 10.1. The molecule has 130 valence electrons. The molecule has 25 heavy (non-hydrogen) atoms. The molecular weight excluding hydrogens is 322 g/mol. The van der Waals surface area contributed by atoms with Crippen LogP contribution in [0.2, 0.25) is 0 Å². The highest BCUT2D eigenvalue weighted by Crippen LogP contribution is 2.19. The van der Waals surface area contributed by atoms with E-state index in [2.05, 4.69) is 15.6 Å². The van der Waals surface area contributed by atoms with Crippen molar-refractivity contribution in [1.29, 1.82) is 0 Å². The van der Waals surface area contributed by atoms with E-state index in [-0.39, 0.29) is 6.42 Å². The van der Waals surface area contributed by atoms with Crippen LogP contribution >= 0.6 is 0 Å². The molecule has 0 aliphatic rings. The molecule has 2 heterocycles. The molecule has 7 heteroatoms. The van der Waals surface area contributed by atoms with Crippen molar-refractivity contribution in [2.24, 2.45) is 0 Å². The van der Waals surface area contributed by atoms with Gasteiger partial charge in [0.15, 0.2) is 0 Å². The maximum atomic E-state index is 12.0. The number of aliphatic hydroxyl groups excluding tert-OH is 1. The first-order valence-electron chi connectivity index (χ1n) is 7.93. The van der Waals surface area contributed by atoms with Crippen LogP contribution in [-0.4, -0.2) is 27.9 Å². The summed E-state index contributed by atoms with van der Waals surface area (Å²) in [5, 5.41) is 16.1. The van der Waals surface area contributed by atoms with E-state index in [1.54, 1.807) is 37.4 Å². The maximum Gasteiger partial charge on any atom is 0.313 e. The summed E-state index contributed by atoms with van der Waals surface area (Å²) >= 11 is 0. The number of benzene rings is 1. The van der Waals surface area contributed by atoms with E-state index < -0.39 is 24.0 Å². The van der Waals surface area contributed by atoms with Crippen molar-refractivity contribution in [3.63, 3.8) is 0 Å². The van der Waals surface area contributed by atoms with Crippen LogP contribution in [0.4, 0.5) is 5.69 Å². The highest BCUT2D eigenvalue weighted by molar-refractivity contribution is 6.39. The van der Waals surface area contributed by atoms with Gasteiger partial charge >= 0.3 is 11.8 Å². The SMILES string of the molecule is CC(CC(O)c1ccco1)NC(=O)C(=O)Nc1ccc2[nH]ccc2c1. The van der Waals surface area contributed by atoms with Gasteiger partial charge in [0.05, 0.1) is 6.26 Å². The second kappa shape index (κ2) is 7.23. The summed E-state index contributed by atoms with van der Waals surface area (Å²) in [5.41, 5.74) is 1.48. The lowest BCUT2D eigenvalue weighted by atomic mass is 10.1. The third-order valence-electron chi connectivity index (χ3n) is 3.84. The Morgan fingerprint density at radius 2 is 2.08 bits per heavy atom. The Morgan fingerprint density at radius 1 is 1.24 bits per heavy atom. The van der Waals surface area contributed by atoms with E-state index in [0.717, 1.165) is 10.9 Å². The van der Waals surface area contributed by atoms with Crippen LogP contribution in [0.3, 0.4) is 0 Å². The molecule has 1 aromatic carbocycles. The number of carbonyl (C=O) groups is 2. The van der Waals surface area contributed by atoms with Gasteiger partial charge in [0.25, 0.3) is 0 Å².